The molecule has 0 aliphatic rings. The third-order valence-electron chi connectivity index (χ3n) is 3.51. The van der Waals surface area contributed by atoms with Gasteiger partial charge in [0.1, 0.15) is 17.3 Å². The van der Waals surface area contributed by atoms with Crippen molar-refractivity contribution in [3.63, 3.8) is 0 Å². The van der Waals surface area contributed by atoms with Crippen LogP contribution in [0.25, 0.3) is 17.4 Å². The lowest BCUT2D eigenvalue weighted by Gasteiger charge is -2.07. The van der Waals surface area contributed by atoms with Gasteiger partial charge in [0.2, 0.25) is 5.91 Å². The summed E-state index contributed by atoms with van der Waals surface area (Å²) in [6.07, 6.45) is 2.79. The molecule has 0 bridgehead atoms. The smallest absolute Gasteiger partial charge is 0.250 e. The highest BCUT2D eigenvalue weighted by Crippen LogP contribution is 2.28. The van der Waals surface area contributed by atoms with Crippen molar-refractivity contribution in [1.82, 2.24) is 5.32 Å². The van der Waals surface area contributed by atoms with Gasteiger partial charge in [-0.2, -0.15) is 0 Å². The largest absolute Gasteiger partial charge is 0.457 e. The summed E-state index contributed by atoms with van der Waals surface area (Å²) in [5, 5.41) is 6.36. The van der Waals surface area contributed by atoms with Gasteiger partial charge in [0.25, 0.3) is 0 Å². The van der Waals surface area contributed by atoms with Gasteiger partial charge in [-0.05, 0) is 72.9 Å². The Morgan fingerprint density at radius 1 is 1.04 bits per heavy atom. The Morgan fingerprint density at radius 3 is 2.39 bits per heavy atom. The lowest BCUT2D eigenvalue weighted by atomic mass is 10.2. The summed E-state index contributed by atoms with van der Waals surface area (Å²) in [4.78, 5) is 12.0. The van der Waals surface area contributed by atoms with Gasteiger partial charge in [-0.15, -0.1) is 0 Å². The first-order valence-electron chi connectivity index (χ1n) is 8.01. The Balaban J connectivity index is 1.59. The molecule has 1 aromatic heterocycles. The molecule has 142 valence electrons. The van der Waals surface area contributed by atoms with Gasteiger partial charge in [-0.3, -0.25) is 10.1 Å². The third kappa shape index (κ3) is 5.66. The van der Waals surface area contributed by atoms with E-state index >= 15 is 0 Å². The summed E-state index contributed by atoms with van der Waals surface area (Å²) in [5.41, 5.74) is 1.29. The zero-order valence-electron chi connectivity index (χ0n) is 14.2. The second kappa shape index (κ2) is 9.01. The van der Waals surface area contributed by atoms with Crippen LogP contribution in [0.15, 0.2) is 65.1 Å². The first kappa shape index (κ1) is 20.1. The normalized spacial score (nSPS) is 10.8. The fourth-order valence-electron chi connectivity index (χ4n) is 2.30. The minimum absolute atomic E-state index is 0.0926. The highest BCUT2D eigenvalue weighted by atomic mass is 35.5. The zero-order valence-corrected chi connectivity index (χ0v) is 16.5. The number of furan rings is 1. The van der Waals surface area contributed by atoms with Crippen molar-refractivity contribution in [2.75, 3.05) is 5.32 Å². The first-order valence-corrected chi connectivity index (χ1v) is 9.17. The van der Waals surface area contributed by atoms with Crippen molar-refractivity contribution >= 4 is 58.2 Å². The van der Waals surface area contributed by atoms with Crippen LogP contribution in [-0.2, 0) is 4.79 Å². The Labute approximate surface area is 176 Å². The molecule has 0 saturated heterocycles. The molecular formula is C20H13Cl2FN2O2S. The number of thiocarbonyl (C=S) groups is 1. The number of amides is 1. The third-order valence-corrected chi connectivity index (χ3v) is 4.15. The summed E-state index contributed by atoms with van der Waals surface area (Å²) < 4.78 is 18.6. The van der Waals surface area contributed by atoms with Crippen molar-refractivity contribution in [2.24, 2.45) is 0 Å². The number of anilines is 1. The van der Waals surface area contributed by atoms with Crippen LogP contribution in [-0.4, -0.2) is 11.0 Å². The predicted molar refractivity (Wildman–Crippen MR) is 114 cm³/mol. The monoisotopic (exact) mass is 434 g/mol. The van der Waals surface area contributed by atoms with Crippen LogP contribution in [0.3, 0.4) is 0 Å². The number of hydrogen-bond donors (Lipinski definition) is 2. The van der Waals surface area contributed by atoms with Crippen LogP contribution >= 0.6 is 35.4 Å². The van der Waals surface area contributed by atoms with Gasteiger partial charge in [-0.25, -0.2) is 4.39 Å². The van der Waals surface area contributed by atoms with Crippen LogP contribution < -0.4 is 10.6 Å². The van der Waals surface area contributed by atoms with E-state index in [1.165, 1.54) is 36.4 Å². The highest BCUT2D eigenvalue weighted by Gasteiger charge is 2.07. The van der Waals surface area contributed by atoms with Gasteiger partial charge in [-0.1, -0.05) is 23.2 Å². The fraction of sp³-hybridized carbons (Fsp3) is 0. The quantitative estimate of drug-likeness (QED) is 0.395. The highest BCUT2D eigenvalue weighted by molar-refractivity contribution is 7.80. The van der Waals surface area contributed by atoms with E-state index in [0.29, 0.717) is 27.3 Å². The Bertz CT molecular complexity index is 1030. The summed E-state index contributed by atoms with van der Waals surface area (Å²) in [6, 6.07) is 14.1. The molecule has 0 radical (unpaired) electrons. The maximum Gasteiger partial charge on any atom is 0.250 e. The fourth-order valence-corrected chi connectivity index (χ4v) is 3.05. The summed E-state index contributed by atoms with van der Waals surface area (Å²) >= 11 is 17.0. The van der Waals surface area contributed by atoms with E-state index in [2.05, 4.69) is 10.6 Å². The lowest BCUT2D eigenvalue weighted by Crippen LogP contribution is -2.32. The molecule has 28 heavy (non-hydrogen) atoms. The number of carbonyl (C=O) groups excluding carboxylic acids is 1. The first-order chi connectivity index (χ1) is 13.4. The molecule has 1 amide bonds. The molecule has 0 aliphatic carbocycles. The minimum Gasteiger partial charge on any atom is -0.457 e. The summed E-state index contributed by atoms with van der Waals surface area (Å²) in [6.45, 7) is 0. The van der Waals surface area contributed by atoms with E-state index in [-0.39, 0.29) is 10.9 Å². The number of benzene rings is 2. The molecule has 2 aromatic carbocycles. The Kier molecular flexibility index (Phi) is 6.46. The summed E-state index contributed by atoms with van der Waals surface area (Å²) in [5.74, 6) is 0.237. The number of carbonyl (C=O) groups is 1. The molecule has 2 N–H and O–H groups in total. The number of rotatable bonds is 4. The Hall–Kier alpha value is -2.67. The van der Waals surface area contributed by atoms with Crippen LogP contribution in [0.1, 0.15) is 5.76 Å². The summed E-state index contributed by atoms with van der Waals surface area (Å²) in [7, 11) is 0. The van der Waals surface area contributed by atoms with E-state index < -0.39 is 5.91 Å². The van der Waals surface area contributed by atoms with Crippen molar-refractivity contribution < 1.29 is 13.6 Å². The van der Waals surface area contributed by atoms with E-state index in [4.69, 9.17) is 39.8 Å². The number of halogens is 3. The molecule has 8 heteroatoms. The second-order valence-electron chi connectivity index (χ2n) is 5.64. The predicted octanol–water partition coefficient (Wildman–Crippen LogP) is 5.92. The van der Waals surface area contributed by atoms with Crippen LogP contribution in [0.4, 0.5) is 10.1 Å². The van der Waals surface area contributed by atoms with Crippen LogP contribution in [0.5, 0.6) is 0 Å². The topological polar surface area (TPSA) is 54.3 Å². The number of hydrogen-bond acceptors (Lipinski definition) is 3. The lowest BCUT2D eigenvalue weighted by molar-refractivity contribution is -0.115. The van der Waals surface area contributed by atoms with Gasteiger partial charge in [0, 0.05) is 27.4 Å². The van der Waals surface area contributed by atoms with Crippen molar-refractivity contribution in [3.05, 3.63) is 82.3 Å². The maximum atomic E-state index is 12.9. The standard InChI is InChI=1S/C20H13Cl2FN2O2S/c21-13-9-12(10-14(22)11-13)18-7-5-17(27-18)6-8-19(26)25-20(28)24-16-3-1-15(23)2-4-16/h1-11H,(H2,24,25,26,28)/b8-6+. The van der Waals surface area contributed by atoms with E-state index in [1.54, 1.807) is 30.3 Å². The molecule has 1 heterocycles. The van der Waals surface area contributed by atoms with E-state index in [9.17, 15) is 9.18 Å². The molecule has 4 nitrogen and oxygen atoms in total. The molecular weight excluding hydrogens is 422 g/mol. The van der Waals surface area contributed by atoms with E-state index in [1.807, 2.05) is 0 Å². The van der Waals surface area contributed by atoms with Crippen molar-refractivity contribution in [1.29, 1.82) is 0 Å². The Morgan fingerprint density at radius 2 is 1.71 bits per heavy atom. The van der Waals surface area contributed by atoms with E-state index in [0.717, 1.165) is 5.56 Å². The maximum absolute atomic E-state index is 12.9. The van der Waals surface area contributed by atoms with Gasteiger partial charge in [0.05, 0.1) is 0 Å². The van der Waals surface area contributed by atoms with Crippen molar-refractivity contribution in [2.45, 2.75) is 0 Å². The molecule has 0 saturated carbocycles. The molecule has 0 fully saturated rings. The van der Waals surface area contributed by atoms with Crippen LogP contribution in [0.2, 0.25) is 10.0 Å². The van der Waals surface area contributed by atoms with Crippen LogP contribution in [0, 0.1) is 5.82 Å². The average Bonchev–Trinajstić information content (AvgIpc) is 3.10. The second-order valence-corrected chi connectivity index (χ2v) is 6.92. The SMILES string of the molecule is O=C(/C=C/c1ccc(-c2cc(Cl)cc(Cl)c2)o1)NC(=S)Nc1ccc(F)cc1. The molecule has 0 spiro atoms. The van der Waals surface area contributed by atoms with Gasteiger partial charge in [0.15, 0.2) is 5.11 Å². The molecule has 0 aliphatic heterocycles. The van der Waals surface area contributed by atoms with Gasteiger partial charge >= 0.3 is 0 Å². The molecule has 0 atom stereocenters. The zero-order chi connectivity index (χ0) is 20.1. The molecule has 0 unspecified atom stereocenters. The van der Waals surface area contributed by atoms with Gasteiger partial charge < -0.3 is 9.73 Å². The molecule has 3 rings (SSSR count). The average molecular weight is 435 g/mol. The molecule has 3 aromatic rings. The van der Waals surface area contributed by atoms with Crippen molar-refractivity contribution in [3.8, 4) is 11.3 Å². The number of nitrogens with one attached hydrogen (secondary N) is 2. The minimum atomic E-state index is -0.441.